The first kappa shape index (κ1) is 20.2. The number of morpholine rings is 1. The molecule has 1 N–H and O–H groups in total. The summed E-state index contributed by atoms with van der Waals surface area (Å²) in [4.78, 5) is 35.6. The van der Waals surface area contributed by atoms with Gasteiger partial charge in [-0.25, -0.2) is 0 Å². The first-order valence-corrected chi connectivity index (χ1v) is 9.46. The van der Waals surface area contributed by atoms with Crippen LogP contribution < -0.4 is 5.32 Å². The van der Waals surface area contributed by atoms with E-state index in [1.54, 1.807) is 0 Å². The summed E-state index contributed by atoms with van der Waals surface area (Å²) in [7, 11) is 0. The largest absolute Gasteiger partial charge is 0.379 e. The average molecular weight is 392 g/mol. The summed E-state index contributed by atoms with van der Waals surface area (Å²) < 4.78 is 5.44. The maximum absolute atomic E-state index is 12.7. The molecular formula is C18H24N4O6. The Hall–Kier alpha value is -2.59. The van der Waals surface area contributed by atoms with Crippen LogP contribution in [0.5, 0.6) is 0 Å². The number of nitrogens with zero attached hydrogens (tertiary/aromatic N) is 3. The molecule has 0 bridgehead atoms. The Morgan fingerprint density at radius 3 is 2.14 bits per heavy atom. The number of nitro benzene ring substituents is 2. The zero-order valence-corrected chi connectivity index (χ0v) is 15.6. The number of carbonyl (C=O) groups excluding carboxylic acids is 1. The summed E-state index contributed by atoms with van der Waals surface area (Å²) in [6, 6.07) is 3.00. The third-order valence-corrected chi connectivity index (χ3v) is 5.63. The number of amides is 1. The van der Waals surface area contributed by atoms with Crippen molar-refractivity contribution in [2.24, 2.45) is 0 Å². The highest BCUT2D eigenvalue weighted by Crippen LogP contribution is 2.34. The van der Waals surface area contributed by atoms with Gasteiger partial charge in [-0.15, -0.1) is 0 Å². The van der Waals surface area contributed by atoms with E-state index in [1.807, 2.05) is 0 Å². The second-order valence-corrected chi connectivity index (χ2v) is 7.32. The number of carbonyl (C=O) groups is 1. The summed E-state index contributed by atoms with van der Waals surface area (Å²) in [5.74, 6) is -0.537. The minimum atomic E-state index is -0.736. The van der Waals surface area contributed by atoms with Crippen LogP contribution in [0.4, 0.5) is 11.4 Å². The second-order valence-electron chi connectivity index (χ2n) is 7.32. The van der Waals surface area contributed by atoms with Crippen molar-refractivity contribution < 1.29 is 19.4 Å². The van der Waals surface area contributed by atoms with Crippen molar-refractivity contribution >= 4 is 17.3 Å². The number of benzene rings is 1. The van der Waals surface area contributed by atoms with Gasteiger partial charge in [0.25, 0.3) is 17.3 Å². The van der Waals surface area contributed by atoms with Crippen LogP contribution in [0, 0.1) is 20.2 Å². The number of nitrogens with one attached hydrogen (secondary N) is 1. The van der Waals surface area contributed by atoms with Gasteiger partial charge in [0, 0.05) is 37.3 Å². The first-order valence-electron chi connectivity index (χ1n) is 9.46. The molecule has 1 saturated heterocycles. The van der Waals surface area contributed by atoms with E-state index >= 15 is 0 Å². The predicted octanol–water partition coefficient (Wildman–Crippen LogP) is 2.27. The van der Waals surface area contributed by atoms with E-state index < -0.39 is 27.1 Å². The number of non-ortho nitro benzene ring substituents is 2. The molecule has 1 saturated carbocycles. The second kappa shape index (κ2) is 8.61. The molecule has 152 valence electrons. The van der Waals surface area contributed by atoms with Crippen molar-refractivity contribution in [2.75, 3.05) is 32.8 Å². The maximum Gasteiger partial charge on any atom is 0.277 e. The minimum absolute atomic E-state index is 0.0752. The van der Waals surface area contributed by atoms with Gasteiger partial charge in [-0.05, 0) is 12.8 Å². The highest BCUT2D eigenvalue weighted by atomic mass is 16.6. The van der Waals surface area contributed by atoms with Crippen LogP contribution in [0.3, 0.4) is 0 Å². The monoisotopic (exact) mass is 392 g/mol. The molecule has 0 aromatic heterocycles. The Labute approximate surface area is 162 Å². The minimum Gasteiger partial charge on any atom is -0.379 e. The zero-order chi connectivity index (χ0) is 20.1. The fourth-order valence-electron chi connectivity index (χ4n) is 4.14. The zero-order valence-electron chi connectivity index (χ0n) is 15.6. The lowest BCUT2D eigenvalue weighted by Gasteiger charge is -2.48. The summed E-state index contributed by atoms with van der Waals surface area (Å²) in [5.41, 5.74) is -1.18. The fraction of sp³-hybridized carbons (Fsp3) is 0.611. The van der Waals surface area contributed by atoms with Gasteiger partial charge < -0.3 is 10.1 Å². The van der Waals surface area contributed by atoms with Crippen molar-refractivity contribution in [3.63, 3.8) is 0 Å². The van der Waals surface area contributed by atoms with Gasteiger partial charge in [0.1, 0.15) is 0 Å². The number of nitro groups is 2. The van der Waals surface area contributed by atoms with Gasteiger partial charge in [-0.1, -0.05) is 19.3 Å². The van der Waals surface area contributed by atoms with Gasteiger partial charge in [0.05, 0.1) is 34.7 Å². The highest BCUT2D eigenvalue weighted by molar-refractivity contribution is 5.95. The first-order chi connectivity index (χ1) is 13.4. The van der Waals surface area contributed by atoms with Crippen molar-refractivity contribution in [3.05, 3.63) is 44.0 Å². The maximum atomic E-state index is 12.7. The highest BCUT2D eigenvalue weighted by Gasteiger charge is 2.39. The van der Waals surface area contributed by atoms with Crippen LogP contribution in [0.1, 0.15) is 42.5 Å². The molecule has 0 spiro atoms. The van der Waals surface area contributed by atoms with Crippen LogP contribution >= 0.6 is 0 Å². The Kier molecular flexibility index (Phi) is 6.20. The molecule has 1 heterocycles. The van der Waals surface area contributed by atoms with Crippen molar-refractivity contribution in [3.8, 4) is 0 Å². The third-order valence-electron chi connectivity index (χ3n) is 5.63. The molecule has 1 aromatic rings. The third kappa shape index (κ3) is 4.45. The Morgan fingerprint density at radius 1 is 1.04 bits per heavy atom. The van der Waals surface area contributed by atoms with E-state index in [2.05, 4.69) is 10.2 Å². The molecule has 28 heavy (non-hydrogen) atoms. The summed E-state index contributed by atoms with van der Waals surface area (Å²) in [6.45, 7) is 3.33. The van der Waals surface area contributed by atoms with Crippen molar-refractivity contribution in [1.29, 1.82) is 0 Å². The van der Waals surface area contributed by atoms with Gasteiger partial charge >= 0.3 is 0 Å². The lowest BCUT2D eigenvalue weighted by atomic mass is 9.79. The van der Waals surface area contributed by atoms with Crippen molar-refractivity contribution in [1.82, 2.24) is 10.2 Å². The van der Waals surface area contributed by atoms with E-state index in [-0.39, 0.29) is 11.1 Å². The number of ether oxygens (including phenoxy) is 1. The summed E-state index contributed by atoms with van der Waals surface area (Å²) in [6.07, 6.45) is 5.24. The lowest BCUT2D eigenvalue weighted by molar-refractivity contribution is -0.394. The average Bonchev–Trinajstić information content (AvgIpc) is 2.73. The fourth-order valence-corrected chi connectivity index (χ4v) is 4.14. The van der Waals surface area contributed by atoms with E-state index in [9.17, 15) is 25.0 Å². The van der Waals surface area contributed by atoms with Crippen molar-refractivity contribution in [2.45, 2.75) is 37.6 Å². The molecule has 3 rings (SSSR count). The molecule has 1 aromatic carbocycles. The molecular weight excluding hydrogens is 368 g/mol. The van der Waals surface area contributed by atoms with Gasteiger partial charge in [-0.3, -0.25) is 29.9 Å². The van der Waals surface area contributed by atoms with Crippen LogP contribution in [0.15, 0.2) is 18.2 Å². The molecule has 2 aliphatic rings. The van der Waals surface area contributed by atoms with E-state index in [4.69, 9.17) is 4.74 Å². The molecule has 0 atom stereocenters. The molecule has 1 aliphatic heterocycles. The normalized spacial score (nSPS) is 19.7. The van der Waals surface area contributed by atoms with E-state index in [0.29, 0.717) is 19.8 Å². The lowest BCUT2D eigenvalue weighted by Crippen LogP contribution is -2.59. The number of rotatable bonds is 6. The standard InChI is InChI=1S/C18H24N4O6/c23-17(14-10-15(21(24)25)12-16(11-14)22(26)27)19-13-18(4-2-1-3-5-18)20-6-8-28-9-7-20/h10-12H,1-9,13H2,(H,19,23). The number of hydrogen-bond acceptors (Lipinski definition) is 7. The molecule has 0 unspecified atom stereocenters. The molecule has 1 amide bonds. The molecule has 0 radical (unpaired) electrons. The molecule has 2 fully saturated rings. The van der Waals surface area contributed by atoms with E-state index in [1.165, 1.54) is 0 Å². The van der Waals surface area contributed by atoms with Crippen LogP contribution in [-0.2, 0) is 4.74 Å². The SMILES string of the molecule is O=C(NCC1(N2CCOCC2)CCCCC1)c1cc([N+](=O)[O-])cc([N+](=O)[O-])c1. The molecule has 10 nitrogen and oxygen atoms in total. The smallest absolute Gasteiger partial charge is 0.277 e. The van der Waals surface area contributed by atoms with Crippen LogP contribution in [0.2, 0.25) is 0 Å². The number of hydrogen-bond donors (Lipinski definition) is 1. The van der Waals surface area contributed by atoms with Crippen LogP contribution in [0.25, 0.3) is 0 Å². The van der Waals surface area contributed by atoms with E-state index in [0.717, 1.165) is 63.4 Å². The topological polar surface area (TPSA) is 128 Å². The Bertz CT molecular complexity index is 724. The summed E-state index contributed by atoms with van der Waals surface area (Å²) in [5, 5.41) is 25.0. The molecule has 10 heteroatoms. The van der Waals surface area contributed by atoms with Gasteiger partial charge in [0.15, 0.2) is 0 Å². The predicted molar refractivity (Wildman–Crippen MR) is 100 cm³/mol. The Balaban J connectivity index is 1.77. The quantitative estimate of drug-likeness (QED) is 0.581. The Morgan fingerprint density at radius 2 is 1.61 bits per heavy atom. The van der Waals surface area contributed by atoms with Gasteiger partial charge in [0.2, 0.25) is 0 Å². The van der Waals surface area contributed by atoms with Gasteiger partial charge in [-0.2, -0.15) is 0 Å². The molecule has 1 aliphatic carbocycles. The summed E-state index contributed by atoms with van der Waals surface area (Å²) >= 11 is 0. The van der Waals surface area contributed by atoms with Crippen LogP contribution in [-0.4, -0.2) is 59.0 Å².